The molecular formula is C15H24ClN3O2. The summed E-state index contributed by atoms with van der Waals surface area (Å²) < 4.78 is 0. The van der Waals surface area contributed by atoms with E-state index < -0.39 is 6.04 Å². The molecule has 1 atom stereocenters. The van der Waals surface area contributed by atoms with E-state index in [1.807, 2.05) is 19.9 Å². The van der Waals surface area contributed by atoms with Gasteiger partial charge in [0.2, 0.25) is 5.91 Å². The minimum atomic E-state index is -0.466. The van der Waals surface area contributed by atoms with Gasteiger partial charge in [0, 0.05) is 18.7 Å². The molecule has 0 aliphatic carbocycles. The largest absolute Gasteiger partial charge is 0.352 e. The van der Waals surface area contributed by atoms with Crippen LogP contribution in [0.25, 0.3) is 0 Å². The Hall–Kier alpha value is -1.59. The zero-order chi connectivity index (χ0) is 15.0. The van der Waals surface area contributed by atoms with E-state index in [0.29, 0.717) is 25.1 Å². The summed E-state index contributed by atoms with van der Waals surface area (Å²) in [6.45, 7) is 4.83. The predicted molar refractivity (Wildman–Crippen MR) is 86.4 cm³/mol. The van der Waals surface area contributed by atoms with Gasteiger partial charge in [0.05, 0.1) is 6.04 Å². The minimum absolute atomic E-state index is 0. The van der Waals surface area contributed by atoms with Crippen LogP contribution in [0.15, 0.2) is 24.3 Å². The molecule has 0 aliphatic heterocycles. The van der Waals surface area contributed by atoms with Crippen LogP contribution in [-0.4, -0.2) is 24.4 Å². The molecule has 6 heteroatoms. The second-order valence-electron chi connectivity index (χ2n) is 4.67. The highest BCUT2D eigenvalue weighted by Crippen LogP contribution is 2.05. The summed E-state index contributed by atoms with van der Waals surface area (Å²) in [5.41, 5.74) is 7.21. The first-order valence-electron chi connectivity index (χ1n) is 6.98. The molecule has 21 heavy (non-hydrogen) atoms. The maximum absolute atomic E-state index is 11.7. The normalized spacial score (nSPS) is 11.2. The highest BCUT2D eigenvalue weighted by atomic mass is 35.5. The summed E-state index contributed by atoms with van der Waals surface area (Å²) in [5.74, 6) is -0.265. The number of nitrogens with two attached hydrogens (primary N) is 1. The predicted octanol–water partition coefficient (Wildman–Crippen LogP) is 1.60. The average molecular weight is 314 g/mol. The van der Waals surface area contributed by atoms with Crippen LogP contribution >= 0.6 is 12.4 Å². The van der Waals surface area contributed by atoms with Gasteiger partial charge in [-0.15, -0.1) is 12.4 Å². The Bertz CT molecular complexity index is 466. The standard InChI is InChI=1S/C15H23N3O2.ClH/c1-3-6-13(16)15(20)18-10-11-7-5-8-12(9-11)14(19)17-4-2;/h5,7-9,13H,3-4,6,10,16H2,1-2H3,(H,17,19)(H,18,20);1H. The van der Waals surface area contributed by atoms with Crippen LogP contribution in [0.5, 0.6) is 0 Å². The lowest BCUT2D eigenvalue weighted by atomic mass is 10.1. The Balaban J connectivity index is 0.00000400. The van der Waals surface area contributed by atoms with Crippen LogP contribution in [0.3, 0.4) is 0 Å². The first-order chi connectivity index (χ1) is 9.58. The van der Waals surface area contributed by atoms with Crippen LogP contribution in [0.2, 0.25) is 0 Å². The third kappa shape index (κ3) is 6.60. The molecule has 0 radical (unpaired) electrons. The number of rotatable bonds is 7. The van der Waals surface area contributed by atoms with E-state index in [0.717, 1.165) is 12.0 Å². The van der Waals surface area contributed by atoms with Crippen molar-refractivity contribution in [3.8, 4) is 0 Å². The Labute approximate surface area is 132 Å². The van der Waals surface area contributed by atoms with E-state index >= 15 is 0 Å². The summed E-state index contributed by atoms with van der Waals surface area (Å²) in [5, 5.41) is 5.53. The van der Waals surface area contributed by atoms with Crippen LogP contribution < -0.4 is 16.4 Å². The highest BCUT2D eigenvalue weighted by molar-refractivity contribution is 5.94. The summed E-state index contributed by atoms with van der Waals surface area (Å²) >= 11 is 0. The molecule has 0 saturated heterocycles. The van der Waals surface area contributed by atoms with Gasteiger partial charge >= 0.3 is 0 Å². The molecule has 1 aromatic carbocycles. The molecule has 1 unspecified atom stereocenters. The van der Waals surface area contributed by atoms with Crippen LogP contribution in [0.4, 0.5) is 0 Å². The molecule has 0 saturated carbocycles. The number of nitrogens with one attached hydrogen (secondary N) is 2. The number of halogens is 1. The lowest BCUT2D eigenvalue weighted by molar-refractivity contribution is -0.122. The molecule has 0 aromatic heterocycles. The summed E-state index contributed by atoms with van der Waals surface area (Å²) in [4.78, 5) is 23.4. The maximum atomic E-state index is 11.7. The van der Waals surface area contributed by atoms with Crippen molar-refractivity contribution in [2.75, 3.05) is 6.54 Å². The molecule has 5 nitrogen and oxygen atoms in total. The summed E-state index contributed by atoms with van der Waals surface area (Å²) in [6.07, 6.45) is 1.55. The van der Waals surface area contributed by atoms with E-state index in [9.17, 15) is 9.59 Å². The maximum Gasteiger partial charge on any atom is 0.251 e. The lowest BCUT2D eigenvalue weighted by Gasteiger charge is -2.11. The van der Waals surface area contributed by atoms with Gasteiger partial charge in [-0.2, -0.15) is 0 Å². The fourth-order valence-corrected chi connectivity index (χ4v) is 1.85. The van der Waals surface area contributed by atoms with E-state index in [1.54, 1.807) is 18.2 Å². The lowest BCUT2D eigenvalue weighted by Crippen LogP contribution is -2.40. The van der Waals surface area contributed by atoms with Crippen molar-refractivity contribution >= 4 is 24.2 Å². The van der Waals surface area contributed by atoms with Crippen molar-refractivity contribution in [3.05, 3.63) is 35.4 Å². The smallest absolute Gasteiger partial charge is 0.251 e. The first kappa shape index (κ1) is 19.4. The fraction of sp³-hybridized carbons (Fsp3) is 0.467. The Kier molecular flexibility index (Phi) is 9.41. The van der Waals surface area contributed by atoms with E-state index in [1.165, 1.54) is 0 Å². The van der Waals surface area contributed by atoms with Gasteiger partial charge in [0.1, 0.15) is 0 Å². The number of benzene rings is 1. The molecule has 2 amide bonds. The van der Waals surface area contributed by atoms with Crippen LogP contribution in [0, 0.1) is 0 Å². The zero-order valence-corrected chi connectivity index (χ0v) is 13.3. The molecule has 1 aromatic rings. The average Bonchev–Trinajstić information content (AvgIpc) is 2.45. The third-order valence-electron chi connectivity index (χ3n) is 2.93. The van der Waals surface area contributed by atoms with Gasteiger partial charge in [0.25, 0.3) is 5.91 Å². The molecule has 0 fully saturated rings. The summed E-state index contributed by atoms with van der Waals surface area (Å²) in [7, 11) is 0. The monoisotopic (exact) mass is 313 g/mol. The molecule has 0 bridgehead atoms. The quantitative estimate of drug-likeness (QED) is 0.715. The Morgan fingerprint density at radius 2 is 1.95 bits per heavy atom. The van der Waals surface area contributed by atoms with Crippen molar-refractivity contribution in [1.82, 2.24) is 10.6 Å². The fourth-order valence-electron chi connectivity index (χ4n) is 1.85. The number of amides is 2. The van der Waals surface area contributed by atoms with Crippen molar-refractivity contribution in [2.45, 2.75) is 39.3 Å². The second kappa shape index (κ2) is 10.2. The topological polar surface area (TPSA) is 84.2 Å². The first-order valence-corrected chi connectivity index (χ1v) is 6.98. The molecule has 0 heterocycles. The van der Waals surface area contributed by atoms with Gasteiger partial charge in [-0.3, -0.25) is 9.59 Å². The highest BCUT2D eigenvalue weighted by Gasteiger charge is 2.11. The van der Waals surface area contributed by atoms with Gasteiger partial charge in [-0.1, -0.05) is 25.5 Å². The molecular weight excluding hydrogens is 290 g/mol. The molecule has 1 rings (SSSR count). The molecule has 118 valence electrons. The van der Waals surface area contributed by atoms with Gasteiger partial charge in [-0.05, 0) is 31.0 Å². The van der Waals surface area contributed by atoms with Gasteiger partial charge in [-0.25, -0.2) is 0 Å². The van der Waals surface area contributed by atoms with Crippen molar-refractivity contribution in [2.24, 2.45) is 5.73 Å². The van der Waals surface area contributed by atoms with Crippen LogP contribution in [-0.2, 0) is 11.3 Å². The molecule has 4 N–H and O–H groups in total. The van der Waals surface area contributed by atoms with Crippen molar-refractivity contribution in [1.29, 1.82) is 0 Å². The van der Waals surface area contributed by atoms with E-state index in [2.05, 4.69) is 10.6 Å². The molecule has 0 spiro atoms. The number of carbonyl (C=O) groups is 2. The van der Waals surface area contributed by atoms with E-state index in [4.69, 9.17) is 5.73 Å². The SMILES string of the molecule is CCCC(N)C(=O)NCc1cccc(C(=O)NCC)c1.Cl. The van der Waals surface area contributed by atoms with Gasteiger partial charge in [0.15, 0.2) is 0 Å². The Morgan fingerprint density at radius 1 is 1.24 bits per heavy atom. The Morgan fingerprint density at radius 3 is 2.57 bits per heavy atom. The van der Waals surface area contributed by atoms with E-state index in [-0.39, 0.29) is 24.2 Å². The van der Waals surface area contributed by atoms with Gasteiger partial charge < -0.3 is 16.4 Å². The summed E-state index contributed by atoms with van der Waals surface area (Å²) in [6, 6.07) is 6.73. The third-order valence-corrected chi connectivity index (χ3v) is 2.93. The van der Waals surface area contributed by atoms with Crippen molar-refractivity contribution in [3.63, 3.8) is 0 Å². The van der Waals surface area contributed by atoms with Crippen molar-refractivity contribution < 1.29 is 9.59 Å². The second-order valence-corrected chi connectivity index (χ2v) is 4.67. The zero-order valence-electron chi connectivity index (χ0n) is 12.5. The number of hydrogen-bond acceptors (Lipinski definition) is 3. The van der Waals surface area contributed by atoms with Crippen LogP contribution in [0.1, 0.15) is 42.6 Å². The number of carbonyl (C=O) groups excluding carboxylic acids is 2. The minimum Gasteiger partial charge on any atom is -0.352 e. The number of hydrogen-bond donors (Lipinski definition) is 3. The molecule has 0 aliphatic rings.